The van der Waals surface area contributed by atoms with Crippen molar-refractivity contribution in [3.05, 3.63) is 0 Å². The van der Waals surface area contributed by atoms with Crippen LogP contribution in [0, 0.1) is 5.92 Å². The minimum Gasteiger partial charge on any atom is -0.379 e. The van der Waals surface area contributed by atoms with Crippen molar-refractivity contribution in [2.45, 2.75) is 23.6 Å². The molecular weight excluding hydrogens is 224 g/mol. The van der Waals surface area contributed by atoms with Gasteiger partial charge in [0, 0.05) is 17.3 Å². The van der Waals surface area contributed by atoms with Crippen molar-refractivity contribution < 1.29 is 9.53 Å². The summed E-state index contributed by atoms with van der Waals surface area (Å²) in [4.78, 5) is 12.0. The Hall–Kier alpha value is -0.260. The number of hydrogen-bond donors (Lipinski definition) is 2. The predicted molar refractivity (Wildman–Crippen MR) is 65.6 cm³/mol. The van der Waals surface area contributed by atoms with Gasteiger partial charge >= 0.3 is 0 Å². The van der Waals surface area contributed by atoms with Crippen LogP contribution in [0.2, 0.25) is 0 Å². The van der Waals surface area contributed by atoms with Crippen molar-refractivity contribution in [2.75, 3.05) is 33.1 Å². The van der Waals surface area contributed by atoms with Crippen LogP contribution in [0.15, 0.2) is 0 Å². The molecule has 16 heavy (non-hydrogen) atoms. The average molecular weight is 244 g/mol. The highest BCUT2D eigenvalue weighted by molar-refractivity contribution is 8.00. The highest BCUT2D eigenvalue weighted by Crippen LogP contribution is 2.46. The number of thioether (sulfide) groups is 1. The summed E-state index contributed by atoms with van der Waals surface area (Å²) in [6.07, 6.45) is 4.57. The van der Waals surface area contributed by atoms with Crippen LogP contribution in [0.5, 0.6) is 0 Å². The van der Waals surface area contributed by atoms with E-state index in [0.29, 0.717) is 18.0 Å². The van der Waals surface area contributed by atoms with Crippen LogP contribution < -0.4 is 10.6 Å². The van der Waals surface area contributed by atoms with E-state index in [4.69, 9.17) is 4.74 Å². The minimum atomic E-state index is -0.0253. The largest absolute Gasteiger partial charge is 0.379 e. The molecule has 5 heteroatoms. The molecule has 0 radical (unpaired) electrons. The molecule has 0 bridgehead atoms. The van der Waals surface area contributed by atoms with Gasteiger partial charge in [-0.2, -0.15) is 11.8 Å². The van der Waals surface area contributed by atoms with Crippen LogP contribution in [0.25, 0.3) is 0 Å². The Morgan fingerprint density at radius 2 is 2.25 bits per heavy atom. The lowest BCUT2D eigenvalue weighted by Gasteiger charge is -2.19. The van der Waals surface area contributed by atoms with Crippen molar-refractivity contribution >= 4 is 17.7 Å². The monoisotopic (exact) mass is 244 g/mol. The Kier molecular flexibility index (Phi) is 3.77. The van der Waals surface area contributed by atoms with Gasteiger partial charge in [0.1, 0.15) is 0 Å². The Labute approximate surface area is 101 Å². The second-order valence-corrected chi connectivity index (χ2v) is 5.92. The molecule has 1 aliphatic carbocycles. The van der Waals surface area contributed by atoms with Crippen molar-refractivity contribution in [1.82, 2.24) is 10.6 Å². The van der Waals surface area contributed by atoms with E-state index in [1.165, 1.54) is 12.8 Å². The molecular formula is C11H20N2O2S. The van der Waals surface area contributed by atoms with E-state index >= 15 is 0 Å². The van der Waals surface area contributed by atoms with Crippen molar-refractivity contribution in [3.8, 4) is 0 Å². The molecule has 0 aromatic rings. The first-order chi connectivity index (χ1) is 7.71. The zero-order valence-electron chi connectivity index (χ0n) is 9.91. The summed E-state index contributed by atoms with van der Waals surface area (Å²) in [5.41, 5.74) is 0. The second-order valence-electron chi connectivity index (χ2n) is 4.64. The van der Waals surface area contributed by atoms with Gasteiger partial charge in [0.05, 0.1) is 19.1 Å². The van der Waals surface area contributed by atoms with Crippen LogP contribution in [-0.4, -0.2) is 49.8 Å². The molecule has 1 saturated carbocycles. The standard InChI is InChI=1S/C11H20N2O2S/c1-12-9-6-15-5-8(9)10(14)13-7-11(16-2)3-4-11/h8-9,12H,3-7H2,1-2H3,(H,13,14). The molecule has 2 atom stereocenters. The van der Waals surface area contributed by atoms with Gasteiger partial charge in [0.15, 0.2) is 0 Å². The summed E-state index contributed by atoms with van der Waals surface area (Å²) in [5, 5.41) is 6.19. The highest BCUT2D eigenvalue weighted by atomic mass is 32.2. The van der Waals surface area contributed by atoms with E-state index in [-0.39, 0.29) is 17.9 Å². The molecule has 0 aromatic heterocycles. The number of likely N-dealkylation sites (N-methyl/N-ethyl adjacent to an activating group) is 1. The van der Waals surface area contributed by atoms with Gasteiger partial charge in [0.25, 0.3) is 0 Å². The predicted octanol–water partition coefficient (Wildman–Crippen LogP) is 0.233. The number of carbonyl (C=O) groups excluding carboxylic acids is 1. The van der Waals surface area contributed by atoms with Crippen LogP contribution in [-0.2, 0) is 9.53 Å². The van der Waals surface area contributed by atoms with E-state index in [2.05, 4.69) is 16.9 Å². The van der Waals surface area contributed by atoms with E-state index in [1.807, 2.05) is 18.8 Å². The molecule has 1 saturated heterocycles. The van der Waals surface area contributed by atoms with Crippen LogP contribution in [0.1, 0.15) is 12.8 Å². The number of rotatable bonds is 5. The fraction of sp³-hybridized carbons (Fsp3) is 0.909. The number of carbonyl (C=O) groups is 1. The van der Waals surface area contributed by atoms with Crippen LogP contribution in [0.4, 0.5) is 0 Å². The first-order valence-corrected chi connectivity index (χ1v) is 7.01. The van der Waals surface area contributed by atoms with E-state index in [0.717, 1.165) is 6.54 Å². The maximum atomic E-state index is 12.0. The Morgan fingerprint density at radius 3 is 2.81 bits per heavy atom. The fourth-order valence-corrected chi connectivity index (χ4v) is 2.80. The number of amides is 1. The van der Waals surface area contributed by atoms with Gasteiger partial charge in [-0.1, -0.05) is 0 Å². The molecule has 2 aliphatic rings. The SMILES string of the molecule is CNC1COCC1C(=O)NCC1(SC)CC1. The zero-order chi connectivity index (χ0) is 11.6. The average Bonchev–Trinajstić information content (AvgIpc) is 2.94. The zero-order valence-corrected chi connectivity index (χ0v) is 10.7. The number of nitrogens with one attached hydrogen (secondary N) is 2. The smallest absolute Gasteiger partial charge is 0.227 e. The minimum absolute atomic E-state index is 0.0253. The summed E-state index contributed by atoms with van der Waals surface area (Å²) < 4.78 is 5.66. The number of hydrogen-bond acceptors (Lipinski definition) is 4. The molecule has 1 heterocycles. The molecule has 2 fully saturated rings. The molecule has 0 spiro atoms. The van der Waals surface area contributed by atoms with Gasteiger partial charge in [-0.25, -0.2) is 0 Å². The van der Waals surface area contributed by atoms with E-state index < -0.39 is 0 Å². The summed E-state index contributed by atoms with van der Waals surface area (Å²) in [6, 6.07) is 0.171. The van der Waals surface area contributed by atoms with Crippen LogP contribution in [0.3, 0.4) is 0 Å². The van der Waals surface area contributed by atoms with E-state index in [1.54, 1.807) is 0 Å². The molecule has 4 nitrogen and oxygen atoms in total. The lowest BCUT2D eigenvalue weighted by Crippen LogP contribution is -2.44. The van der Waals surface area contributed by atoms with Gasteiger partial charge in [-0.15, -0.1) is 0 Å². The highest BCUT2D eigenvalue weighted by Gasteiger charge is 2.43. The Morgan fingerprint density at radius 1 is 1.50 bits per heavy atom. The summed E-state index contributed by atoms with van der Waals surface area (Å²) in [7, 11) is 1.88. The van der Waals surface area contributed by atoms with Crippen molar-refractivity contribution in [2.24, 2.45) is 5.92 Å². The Balaban J connectivity index is 1.79. The molecule has 1 amide bonds. The third-order valence-corrected chi connectivity index (χ3v) is 5.03. The maximum absolute atomic E-state index is 12.0. The quantitative estimate of drug-likeness (QED) is 0.727. The molecule has 2 rings (SSSR count). The maximum Gasteiger partial charge on any atom is 0.227 e. The lowest BCUT2D eigenvalue weighted by atomic mass is 10.0. The topological polar surface area (TPSA) is 50.4 Å². The molecule has 92 valence electrons. The molecule has 1 aliphatic heterocycles. The first kappa shape index (κ1) is 12.2. The lowest BCUT2D eigenvalue weighted by molar-refractivity contribution is -0.125. The van der Waals surface area contributed by atoms with Gasteiger partial charge in [-0.3, -0.25) is 4.79 Å². The third-order valence-electron chi connectivity index (χ3n) is 3.61. The normalized spacial score (nSPS) is 31.4. The second kappa shape index (κ2) is 4.94. The fourth-order valence-electron chi connectivity index (χ4n) is 2.07. The Bertz CT molecular complexity index is 269. The first-order valence-electron chi connectivity index (χ1n) is 5.79. The molecule has 0 aromatic carbocycles. The van der Waals surface area contributed by atoms with Gasteiger partial charge in [0.2, 0.25) is 5.91 Å². The number of ether oxygens (including phenoxy) is 1. The van der Waals surface area contributed by atoms with Gasteiger partial charge < -0.3 is 15.4 Å². The van der Waals surface area contributed by atoms with Crippen molar-refractivity contribution in [3.63, 3.8) is 0 Å². The molecule has 2 unspecified atom stereocenters. The summed E-state index contributed by atoms with van der Waals surface area (Å²) >= 11 is 1.87. The van der Waals surface area contributed by atoms with Crippen LogP contribution >= 0.6 is 11.8 Å². The summed E-state index contributed by atoms with van der Waals surface area (Å²) in [6.45, 7) is 1.99. The van der Waals surface area contributed by atoms with Crippen molar-refractivity contribution in [1.29, 1.82) is 0 Å². The third kappa shape index (κ3) is 2.52. The molecule has 2 N–H and O–H groups in total. The summed E-state index contributed by atoms with van der Waals surface area (Å²) in [5.74, 6) is 0.111. The van der Waals surface area contributed by atoms with E-state index in [9.17, 15) is 4.79 Å². The van der Waals surface area contributed by atoms with Gasteiger partial charge in [-0.05, 0) is 26.1 Å².